The fraction of sp³-hybridized carbons (Fsp3) is 0.250. The van der Waals surface area contributed by atoms with Gasteiger partial charge in [0.05, 0.1) is 7.11 Å². The van der Waals surface area contributed by atoms with Crippen LogP contribution in [0, 0.1) is 0 Å². The fourth-order valence-corrected chi connectivity index (χ4v) is 2.82. The molecule has 0 aromatic heterocycles. The number of amides is 2. The van der Waals surface area contributed by atoms with Gasteiger partial charge in [0.1, 0.15) is 5.75 Å². The number of carbonyl (C=O) groups is 2. The third-order valence-corrected chi connectivity index (χ3v) is 3.84. The Morgan fingerprint density at radius 1 is 1.15 bits per heavy atom. The molecule has 4 nitrogen and oxygen atoms in total. The fourth-order valence-electron chi connectivity index (χ4n) is 2.82. The first-order chi connectivity index (χ1) is 9.60. The minimum atomic E-state index is -0.264. The highest BCUT2D eigenvalue weighted by atomic mass is 16.5. The lowest BCUT2D eigenvalue weighted by atomic mass is 9.91. The molecule has 0 radical (unpaired) electrons. The number of benzene rings is 2. The van der Waals surface area contributed by atoms with Gasteiger partial charge in [-0.15, -0.1) is 0 Å². The molecule has 1 aliphatic rings. The monoisotopic (exact) mass is 269 g/mol. The summed E-state index contributed by atoms with van der Waals surface area (Å²) >= 11 is 0. The highest BCUT2D eigenvalue weighted by molar-refractivity contribution is 6.26. The van der Waals surface area contributed by atoms with Gasteiger partial charge in [0, 0.05) is 28.9 Å². The van der Waals surface area contributed by atoms with Gasteiger partial charge in [0.2, 0.25) is 0 Å². The normalized spacial score (nSPS) is 14.1. The summed E-state index contributed by atoms with van der Waals surface area (Å²) in [6, 6.07) is 7.31. The van der Waals surface area contributed by atoms with Crippen molar-refractivity contribution in [2.24, 2.45) is 0 Å². The van der Waals surface area contributed by atoms with Gasteiger partial charge in [-0.05, 0) is 24.1 Å². The average molecular weight is 269 g/mol. The molecule has 2 amide bonds. The zero-order chi connectivity index (χ0) is 14.4. The number of nitrogens with zero attached hydrogens (tertiary/aromatic N) is 1. The number of aryl methyl sites for hydroxylation is 1. The molecular formula is C16H15NO3. The number of carbonyl (C=O) groups excluding carboxylic acids is 2. The zero-order valence-corrected chi connectivity index (χ0v) is 11.7. The number of rotatable bonds is 2. The van der Waals surface area contributed by atoms with Crippen molar-refractivity contribution in [2.75, 3.05) is 14.2 Å². The molecule has 0 bridgehead atoms. The van der Waals surface area contributed by atoms with E-state index in [4.69, 9.17) is 4.74 Å². The molecule has 2 aromatic carbocycles. The molecule has 1 aliphatic heterocycles. The van der Waals surface area contributed by atoms with E-state index in [0.717, 1.165) is 23.1 Å². The van der Waals surface area contributed by atoms with Crippen molar-refractivity contribution in [3.05, 3.63) is 41.0 Å². The van der Waals surface area contributed by atoms with Crippen LogP contribution in [0.5, 0.6) is 5.75 Å². The lowest BCUT2D eigenvalue weighted by Gasteiger charge is -2.25. The highest BCUT2D eigenvalue weighted by Crippen LogP contribution is 2.37. The maximum Gasteiger partial charge on any atom is 0.261 e. The van der Waals surface area contributed by atoms with Gasteiger partial charge in [0.15, 0.2) is 0 Å². The summed E-state index contributed by atoms with van der Waals surface area (Å²) in [4.78, 5) is 25.7. The summed E-state index contributed by atoms with van der Waals surface area (Å²) in [6.07, 6.45) is 0.765. The van der Waals surface area contributed by atoms with Crippen molar-refractivity contribution in [2.45, 2.75) is 13.3 Å². The van der Waals surface area contributed by atoms with E-state index in [2.05, 4.69) is 0 Å². The Balaban J connectivity index is 2.51. The number of imide groups is 1. The van der Waals surface area contributed by atoms with E-state index in [9.17, 15) is 9.59 Å². The maximum absolute atomic E-state index is 12.3. The molecule has 2 aromatic rings. The van der Waals surface area contributed by atoms with Crippen LogP contribution in [0.2, 0.25) is 0 Å². The minimum Gasteiger partial charge on any atom is -0.496 e. The molecule has 0 aliphatic carbocycles. The van der Waals surface area contributed by atoms with Crippen LogP contribution in [-0.2, 0) is 6.42 Å². The predicted octanol–water partition coefficient (Wildman–Crippen LogP) is 2.64. The summed E-state index contributed by atoms with van der Waals surface area (Å²) in [6.45, 7) is 2.02. The topological polar surface area (TPSA) is 46.6 Å². The molecule has 0 saturated carbocycles. The molecular weight excluding hydrogens is 254 g/mol. The Labute approximate surface area is 116 Å². The number of methoxy groups -OCH3 is 1. The summed E-state index contributed by atoms with van der Waals surface area (Å²) < 4.78 is 5.49. The lowest BCUT2D eigenvalue weighted by molar-refractivity contribution is 0.0650. The van der Waals surface area contributed by atoms with Crippen LogP contribution in [0.25, 0.3) is 10.8 Å². The van der Waals surface area contributed by atoms with Crippen molar-refractivity contribution in [3.8, 4) is 5.75 Å². The first-order valence-corrected chi connectivity index (χ1v) is 6.55. The Hall–Kier alpha value is -2.36. The van der Waals surface area contributed by atoms with Crippen LogP contribution < -0.4 is 4.74 Å². The van der Waals surface area contributed by atoms with Gasteiger partial charge < -0.3 is 4.74 Å². The molecule has 0 atom stereocenters. The molecule has 4 heteroatoms. The number of hydrogen-bond donors (Lipinski definition) is 0. The van der Waals surface area contributed by atoms with Crippen LogP contribution in [0.4, 0.5) is 0 Å². The average Bonchev–Trinajstić information content (AvgIpc) is 2.49. The predicted molar refractivity (Wildman–Crippen MR) is 76.3 cm³/mol. The molecule has 102 valence electrons. The van der Waals surface area contributed by atoms with Crippen molar-refractivity contribution >= 4 is 22.6 Å². The Morgan fingerprint density at radius 3 is 2.50 bits per heavy atom. The Kier molecular flexibility index (Phi) is 2.74. The summed E-state index contributed by atoms with van der Waals surface area (Å²) in [5, 5.41) is 1.53. The largest absolute Gasteiger partial charge is 0.496 e. The second kappa shape index (κ2) is 4.34. The van der Waals surface area contributed by atoms with Crippen molar-refractivity contribution in [1.29, 1.82) is 0 Å². The molecule has 0 spiro atoms. The van der Waals surface area contributed by atoms with Crippen molar-refractivity contribution in [3.63, 3.8) is 0 Å². The smallest absolute Gasteiger partial charge is 0.261 e. The van der Waals surface area contributed by atoms with Gasteiger partial charge in [-0.1, -0.05) is 19.1 Å². The van der Waals surface area contributed by atoms with E-state index in [1.807, 2.05) is 25.1 Å². The highest BCUT2D eigenvalue weighted by Gasteiger charge is 2.31. The van der Waals surface area contributed by atoms with E-state index in [0.29, 0.717) is 16.5 Å². The lowest BCUT2D eigenvalue weighted by Crippen LogP contribution is -2.37. The SMILES string of the molecule is CCc1cc2c3c(cccc3c1OC)C(=O)N(C)C2=O. The molecule has 0 N–H and O–H groups in total. The van der Waals surface area contributed by atoms with Crippen LogP contribution in [0.15, 0.2) is 24.3 Å². The molecule has 0 saturated heterocycles. The third kappa shape index (κ3) is 1.48. The Bertz CT molecular complexity index is 749. The van der Waals surface area contributed by atoms with Gasteiger partial charge in [-0.25, -0.2) is 0 Å². The second-order valence-corrected chi connectivity index (χ2v) is 4.87. The Morgan fingerprint density at radius 2 is 1.85 bits per heavy atom. The van der Waals surface area contributed by atoms with Gasteiger partial charge >= 0.3 is 0 Å². The van der Waals surface area contributed by atoms with Gasteiger partial charge in [-0.3, -0.25) is 14.5 Å². The maximum atomic E-state index is 12.3. The van der Waals surface area contributed by atoms with Crippen molar-refractivity contribution in [1.82, 2.24) is 4.90 Å². The molecule has 0 unspecified atom stereocenters. The van der Waals surface area contributed by atoms with Crippen molar-refractivity contribution < 1.29 is 14.3 Å². The van der Waals surface area contributed by atoms with E-state index >= 15 is 0 Å². The summed E-state index contributed by atoms with van der Waals surface area (Å²) in [7, 11) is 3.13. The van der Waals surface area contributed by atoms with Crippen LogP contribution in [0.3, 0.4) is 0 Å². The standard InChI is InChI=1S/C16H15NO3/c1-4-9-8-12-13-10(14(9)20-3)6-5-7-11(13)15(18)17(2)16(12)19/h5-8H,4H2,1-3H3. The summed E-state index contributed by atoms with van der Waals surface area (Å²) in [5.74, 6) is 0.230. The van der Waals surface area contributed by atoms with Crippen LogP contribution in [0.1, 0.15) is 33.2 Å². The number of ether oxygens (including phenoxy) is 1. The number of hydrogen-bond acceptors (Lipinski definition) is 3. The molecule has 3 rings (SSSR count). The molecule has 0 fully saturated rings. The van der Waals surface area contributed by atoms with E-state index < -0.39 is 0 Å². The van der Waals surface area contributed by atoms with E-state index in [1.165, 1.54) is 11.9 Å². The minimum absolute atomic E-state index is 0.254. The van der Waals surface area contributed by atoms with Gasteiger partial charge in [-0.2, -0.15) is 0 Å². The zero-order valence-electron chi connectivity index (χ0n) is 11.7. The quantitative estimate of drug-likeness (QED) is 0.787. The van der Waals surface area contributed by atoms with E-state index in [-0.39, 0.29) is 11.8 Å². The summed E-state index contributed by atoms with van der Waals surface area (Å²) in [5.41, 5.74) is 2.11. The first kappa shape index (κ1) is 12.7. The second-order valence-electron chi connectivity index (χ2n) is 4.87. The van der Waals surface area contributed by atoms with Crippen LogP contribution >= 0.6 is 0 Å². The third-order valence-electron chi connectivity index (χ3n) is 3.84. The first-order valence-electron chi connectivity index (χ1n) is 6.55. The van der Waals surface area contributed by atoms with Crippen LogP contribution in [-0.4, -0.2) is 30.9 Å². The molecule has 1 heterocycles. The van der Waals surface area contributed by atoms with Gasteiger partial charge in [0.25, 0.3) is 11.8 Å². The molecule has 20 heavy (non-hydrogen) atoms. The van der Waals surface area contributed by atoms with E-state index in [1.54, 1.807) is 13.2 Å².